The molecule has 0 saturated carbocycles. The molecule has 3 nitrogen and oxygen atoms in total. The van der Waals surface area contributed by atoms with E-state index in [-0.39, 0.29) is 5.56 Å². The topological polar surface area (TPSA) is 34.0 Å². The molecular weight excluding hydrogens is 268 g/mol. The van der Waals surface area contributed by atoms with E-state index >= 15 is 0 Å². The second-order valence-electron chi connectivity index (χ2n) is 4.78. The zero-order valence-electron chi connectivity index (χ0n) is 11.3. The van der Waals surface area contributed by atoms with Gasteiger partial charge in [-0.1, -0.05) is 18.2 Å². The van der Waals surface area contributed by atoms with E-state index in [0.29, 0.717) is 0 Å². The van der Waals surface area contributed by atoms with Gasteiger partial charge in [0.05, 0.1) is 5.52 Å². The fourth-order valence-electron chi connectivity index (χ4n) is 2.33. The molecule has 0 amide bonds. The molecule has 0 unspecified atom stereocenters. The van der Waals surface area contributed by atoms with Gasteiger partial charge in [-0.3, -0.25) is 4.79 Å². The lowest BCUT2D eigenvalue weighted by Crippen LogP contribution is -2.18. The number of nitrogens with one attached hydrogen (secondary N) is 1. The van der Waals surface area contributed by atoms with Crippen molar-refractivity contribution in [2.45, 2.75) is 6.42 Å². The first-order chi connectivity index (χ1) is 9.75. The van der Waals surface area contributed by atoms with Crippen molar-refractivity contribution in [1.29, 1.82) is 0 Å². The molecule has 4 heteroatoms. The van der Waals surface area contributed by atoms with Gasteiger partial charge in [0.15, 0.2) is 0 Å². The molecule has 2 aromatic heterocycles. The molecule has 20 heavy (non-hydrogen) atoms. The van der Waals surface area contributed by atoms with Gasteiger partial charge >= 0.3 is 0 Å². The van der Waals surface area contributed by atoms with Gasteiger partial charge in [0, 0.05) is 30.7 Å². The highest BCUT2D eigenvalue weighted by atomic mass is 32.1. The number of thiophene rings is 1. The highest BCUT2D eigenvalue weighted by molar-refractivity contribution is 7.07. The van der Waals surface area contributed by atoms with Crippen LogP contribution < -0.4 is 10.9 Å². The van der Waals surface area contributed by atoms with Gasteiger partial charge in [0.1, 0.15) is 0 Å². The Kier molecular flexibility index (Phi) is 3.56. The minimum atomic E-state index is 0.0155. The maximum Gasteiger partial charge on any atom is 0.252 e. The molecule has 0 fully saturated rings. The van der Waals surface area contributed by atoms with Gasteiger partial charge in [-0.05, 0) is 34.9 Å². The van der Waals surface area contributed by atoms with Crippen molar-refractivity contribution in [3.05, 3.63) is 63.1 Å². The highest BCUT2D eigenvalue weighted by Gasteiger charge is 2.05. The van der Waals surface area contributed by atoms with Gasteiger partial charge in [-0.25, -0.2) is 0 Å². The summed E-state index contributed by atoms with van der Waals surface area (Å²) in [6.45, 7) is 0.827. The smallest absolute Gasteiger partial charge is 0.252 e. The minimum Gasteiger partial charge on any atom is -0.384 e. The molecule has 0 aliphatic heterocycles. The number of rotatable bonds is 4. The molecule has 0 saturated heterocycles. The highest BCUT2D eigenvalue weighted by Crippen LogP contribution is 2.20. The Morgan fingerprint density at radius 2 is 2.10 bits per heavy atom. The number of aromatic nitrogens is 1. The van der Waals surface area contributed by atoms with Crippen LogP contribution in [0.15, 0.2) is 52.0 Å². The van der Waals surface area contributed by atoms with E-state index in [2.05, 4.69) is 22.1 Å². The lowest BCUT2D eigenvalue weighted by atomic mass is 10.1. The molecule has 0 spiro atoms. The SMILES string of the molecule is Cn1c(=O)cc(NCCc2ccsc2)c2ccccc21. The Hall–Kier alpha value is -2.07. The number of anilines is 1. The zero-order valence-corrected chi connectivity index (χ0v) is 12.1. The van der Waals surface area contributed by atoms with E-state index in [1.54, 1.807) is 29.0 Å². The van der Waals surface area contributed by atoms with Crippen molar-refractivity contribution in [1.82, 2.24) is 4.57 Å². The van der Waals surface area contributed by atoms with Crippen LogP contribution in [0.3, 0.4) is 0 Å². The third kappa shape index (κ3) is 2.47. The standard InChI is InChI=1S/C16H16N2OS/c1-18-15-5-3-2-4-13(15)14(10-16(18)19)17-8-6-12-7-9-20-11-12/h2-5,7,9-11,17H,6,8H2,1H3. The van der Waals surface area contributed by atoms with Crippen LogP contribution in [0.4, 0.5) is 5.69 Å². The molecular formula is C16H16N2OS. The Morgan fingerprint density at radius 1 is 1.25 bits per heavy atom. The summed E-state index contributed by atoms with van der Waals surface area (Å²) in [7, 11) is 1.81. The van der Waals surface area contributed by atoms with Crippen molar-refractivity contribution in [3.8, 4) is 0 Å². The van der Waals surface area contributed by atoms with Gasteiger partial charge in [-0.15, -0.1) is 0 Å². The fraction of sp³-hybridized carbons (Fsp3) is 0.188. The van der Waals surface area contributed by atoms with E-state index in [4.69, 9.17) is 0 Å². The molecule has 102 valence electrons. The molecule has 1 N–H and O–H groups in total. The Bertz CT molecular complexity index is 775. The van der Waals surface area contributed by atoms with Crippen molar-refractivity contribution in [3.63, 3.8) is 0 Å². The van der Waals surface area contributed by atoms with Crippen molar-refractivity contribution >= 4 is 27.9 Å². The molecule has 0 radical (unpaired) electrons. The van der Waals surface area contributed by atoms with E-state index in [1.165, 1.54) is 5.56 Å². The number of pyridine rings is 1. The number of fused-ring (bicyclic) bond motifs is 1. The zero-order chi connectivity index (χ0) is 13.9. The van der Waals surface area contributed by atoms with E-state index in [1.807, 2.05) is 24.3 Å². The third-order valence-electron chi connectivity index (χ3n) is 3.46. The quantitative estimate of drug-likeness (QED) is 0.798. The van der Waals surface area contributed by atoms with Gasteiger partial charge in [0.2, 0.25) is 0 Å². The summed E-state index contributed by atoms with van der Waals surface area (Å²) in [5.41, 5.74) is 3.22. The summed E-state index contributed by atoms with van der Waals surface area (Å²) < 4.78 is 1.68. The normalized spacial score (nSPS) is 10.8. The van der Waals surface area contributed by atoms with Crippen LogP contribution in [0, 0.1) is 0 Å². The molecule has 3 rings (SSSR count). The number of hydrogen-bond acceptors (Lipinski definition) is 3. The van der Waals surface area contributed by atoms with Crippen LogP contribution in [-0.2, 0) is 13.5 Å². The Balaban J connectivity index is 1.87. The summed E-state index contributed by atoms with van der Waals surface area (Å²) in [5.74, 6) is 0. The number of aryl methyl sites for hydroxylation is 1. The average Bonchev–Trinajstić information content (AvgIpc) is 2.97. The van der Waals surface area contributed by atoms with Crippen molar-refractivity contribution < 1.29 is 0 Å². The molecule has 0 bridgehead atoms. The van der Waals surface area contributed by atoms with Crippen LogP contribution in [0.2, 0.25) is 0 Å². The second kappa shape index (κ2) is 5.51. The first-order valence-electron chi connectivity index (χ1n) is 6.59. The summed E-state index contributed by atoms with van der Waals surface area (Å²) in [5, 5.41) is 8.71. The summed E-state index contributed by atoms with van der Waals surface area (Å²) in [6, 6.07) is 11.8. The van der Waals surface area contributed by atoms with E-state index < -0.39 is 0 Å². The maximum atomic E-state index is 12.0. The largest absolute Gasteiger partial charge is 0.384 e. The number of para-hydroxylation sites is 1. The van der Waals surface area contributed by atoms with Crippen LogP contribution in [0.5, 0.6) is 0 Å². The second-order valence-corrected chi connectivity index (χ2v) is 5.56. The number of hydrogen-bond donors (Lipinski definition) is 1. The predicted octanol–water partition coefficient (Wildman–Crippen LogP) is 3.25. The Labute approximate surface area is 121 Å². The van der Waals surface area contributed by atoms with Gasteiger partial charge in [0.25, 0.3) is 5.56 Å². The monoisotopic (exact) mass is 284 g/mol. The van der Waals surface area contributed by atoms with Crippen LogP contribution in [0.25, 0.3) is 10.9 Å². The molecule has 2 heterocycles. The van der Waals surface area contributed by atoms with E-state index in [0.717, 1.165) is 29.6 Å². The van der Waals surface area contributed by atoms with Gasteiger partial charge in [-0.2, -0.15) is 11.3 Å². The van der Waals surface area contributed by atoms with Crippen LogP contribution >= 0.6 is 11.3 Å². The molecule has 0 aliphatic carbocycles. The van der Waals surface area contributed by atoms with Crippen LogP contribution in [-0.4, -0.2) is 11.1 Å². The third-order valence-corrected chi connectivity index (χ3v) is 4.20. The molecule has 0 aliphatic rings. The lowest BCUT2D eigenvalue weighted by molar-refractivity contribution is 0.905. The minimum absolute atomic E-state index is 0.0155. The van der Waals surface area contributed by atoms with E-state index in [9.17, 15) is 4.79 Å². The molecule has 1 aromatic carbocycles. The maximum absolute atomic E-state index is 12.0. The first-order valence-corrected chi connectivity index (χ1v) is 7.54. The molecule has 0 atom stereocenters. The lowest BCUT2D eigenvalue weighted by Gasteiger charge is -2.11. The van der Waals surface area contributed by atoms with Crippen molar-refractivity contribution in [2.75, 3.05) is 11.9 Å². The molecule has 3 aromatic rings. The summed E-state index contributed by atoms with van der Waals surface area (Å²) >= 11 is 1.71. The van der Waals surface area contributed by atoms with Crippen molar-refractivity contribution in [2.24, 2.45) is 7.05 Å². The first kappa shape index (κ1) is 12.9. The summed E-state index contributed by atoms with van der Waals surface area (Å²) in [6.07, 6.45) is 0.965. The predicted molar refractivity (Wildman–Crippen MR) is 85.7 cm³/mol. The van der Waals surface area contributed by atoms with Gasteiger partial charge < -0.3 is 9.88 Å². The van der Waals surface area contributed by atoms with Crippen LogP contribution in [0.1, 0.15) is 5.56 Å². The number of benzene rings is 1. The summed E-state index contributed by atoms with van der Waals surface area (Å²) in [4.78, 5) is 12.0. The number of nitrogens with zero attached hydrogens (tertiary/aromatic N) is 1. The average molecular weight is 284 g/mol. The Morgan fingerprint density at radius 3 is 2.90 bits per heavy atom. The fourth-order valence-corrected chi connectivity index (χ4v) is 3.04.